The lowest BCUT2D eigenvalue weighted by Crippen LogP contribution is -2.25. The minimum Gasteiger partial charge on any atom is -0.302 e. The Kier molecular flexibility index (Phi) is 4.31. The Bertz CT molecular complexity index is 621. The van der Waals surface area contributed by atoms with Gasteiger partial charge in [0.2, 0.25) is 5.91 Å². The van der Waals surface area contributed by atoms with Crippen LogP contribution in [0.3, 0.4) is 0 Å². The van der Waals surface area contributed by atoms with E-state index in [4.69, 9.17) is 0 Å². The number of hydrogen-bond acceptors (Lipinski definition) is 4. The second kappa shape index (κ2) is 5.84. The van der Waals surface area contributed by atoms with Gasteiger partial charge in [-0.1, -0.05) is 6.92 Å². The van der Waals surface area contributed by atoms with Crippen LogP contribution in [0.15, 0.2) is 17.6 Å². The van der Waals surface area contributed by atoms with Gasteiger partial charge in [-0.25, -0.2) is 4.98 Å². The predicted octanol–water partition coefficient (Wildman–Crippen LogP) is 2.94. The maximum absolute atomic E-state index is 12.6. The van der Waals surface area contributed by atoms with Crippen molar-refractivity contribution in [2.24, 2.45) is 5.92 Å². The fraction of sp³-hybridized carbons (Fsp3) is 0.417. The molecule has 0 aliphatic carbocycles. The van der Waals surface area contributed by atoms with Crippen LogP contribution in [0.1, 0.15) is 18.3 Å². The molecule has 0 saturated carbocycles. The number of halogens is 3. The molecular weight excluding hydrogens is 305 g/mol. The van der Waals surface area contributed by atoms with Crippen molar-refractivity contribution in [3.63, 3.8) is 0 Å². The topological polar surface area (TPSA) is 59.8 Å². The van der Waals surface area contributed by atoms with Crippen LogP contribution in [-0.4, -0.2) is 20.7 Å². The number of thiazole rings is 1. The molecule has 0 spiro atoms. The monoisotopic (exact) mass is 318 g/mol. The van der Waals surface area contributed by atoms with Crippen molar-refractivity contribution in [2.75, 3.05) is 5.32 Å². The van der Waals surface area contributed by atoms with Crippen LogP contribution in [0, 0.1) is 12.8 Å². The second-order valence-corrected chi connectivity index (χ2v) is 5.47. The Morgan fingerprint density at radius 2 is 2.24 bits per heavy atom. The number of nitrogens with one attached hydrogen (secondary N) is 1. The molecule has 0 bridgehead atoms. The van der Waals surface area contributed by atoms with E-state index >= 15 is 0 Å². The number of rotatable bonds is 4. The summed E-state index contributed by atoms with van der Waals surface area (Å²) in [5.74, 6) is -0.845. The third-order valence-corrected chi connectivity index (χ3v) is 3.52. The number of aromatic nitrogens is 3. The highest BCUT2D eigenvalue weighted by atomic mass is 32.1. The Morgan fingerprint density at radius 1 is 1.52 bits per heavy atom. The lowest BCUT2D eigenvalue weighted by Gasteiger charge is -2.12. The van der Waals surface area contributed by atoms with Gasteiger partial charge in [-0.3, -0.25) is 9.48 Å². The van der Waals surface area contributed by atoms with Gasteiger partial charge >= 0.3 is 6.18 Å². The molecule has 1 amide bonds. The zero-order valence-electron chi connectivity index (χ0n) is 11.3. The standard InChI is InChI=1S/C12H13F3N4OS/c1-7(10(20)17-11-16-3-4-21-11)6-19-8(2)5-9(18-19)12(13,14)15/h3-5,7H,6H2,1-2H3,(H,16,17,20)/t7-/m1/s1. The van der Waals surface area contributed by atoms with Crippen molar-refractivity contribution in [1.29, 1.82) is 0 Å². The van der Waals surface area contributed by atoms with Crippen molar-refractivity contribution in [2.45, 2.75) is 26.6 Å². The molecule has 0 fully saturated rings. The average molecular weight is 318 g/mol. The molecule has 2 aromatic rings. The molecular formula is C12H13F3N4OS. The molecule has 0 unspecified atom stereocenters. The molecule has 21 heavy (non-hydrogen) atoms. The van der Waals surface area contributed by atoms with Crippen LogP contribution in [0.25, 0.3) is 0 Å². The number of carbonyl (C=O) groups is 1. The molecule has 2 heterocycles. The molecule has 0 aliphatic rings. The van der Waals surface area contributed by atoms with Crippen LogP contribution in [0.4, 0.5) is 18.3 Å². The Hall–Kier alpha value is -1.90. The first kappa shape index (κ1) is 15.5. The highest BCUT2D eigenvalue weighted by Gasteiger charge is 2.34. The summed E-state index contributed by atoms with van der Waals surface area (Å²) in [5, 5.41) is 8.28. The summed E-state index contributed by atoms with van der Waals surface area (Å²) in [7, 11) is 0. The number of alkyl halides is 3. The number of hydrogen-bond donors (Lipinski definition) is 1. The molecule has 9 heteroatoms. The van der Waals surface area contributed by atoms with Gasteiger partial charge in [0, 0.05) is 17.3 Å². The zero-order valence-corrected chi connectivity index (χ0v) is 12.1. The summed E-state index contributed by atoms with van der Waals surface area (Å²) in [6.45, 7) is 3.21. The number of amides is 1. The van der Waals surface area contributed by atoms with Crippen LogP contribution >= 0.6 is 11.3 Å². The Labute approximate surface area is 122 Å². The quantitative estimate of drug-likeness (QED) is 0.943. The maximum atomic E-state index is 12.6. The maximum Gasteiger partial charge on any atom is 0.435 e. The number of aryl methyl sites for hydroxylation is 1. The molecule has 1 atom stereocenters. The van der Waals surface area contributed by atoms with Crippen LogP contribution in [0.5, 0.6) is 0 Å². The normalized spacial score (nSPS) is 13.2. The van der Waals surface area contributed by atoms with Gasteiger partial charge < -0.3 is 5.32 Å². The zero-order chi connectivity index (χ0) is 15.6. The smallest absolute Gasteiger partial charge is 0.302 e. The van der Waals surface area contributed by atoms with Crippen LogP contribution in [-0.2, 0) is 17.5 Å². The summed E-state index contributed by atoms with van der Waals surface area (Å²) < 4.78 is 38.9. The van der Waals surface area contributed by atoms with E-state index in [-0.39, 0.29) is 12.5 Å². The number of carbonyl (C=O) groups excluding carboxylic acids is 1. The summed E-state index contributed by atoms with van der Waals surface area (Å²) in [6, 6.07) is 0.964. The third kappa shape index (κ3) is 3.81. The molecule has 2 rings (SSSR count). The number of anilines is 1. The minimum atomic E-state index is -4.48. The van der Waals surface area contributed by atoms with Crippen LogP contribution < -0.4 is 5.32 Å². The van der Waals surface area contributed by atoms with Gasteiger partial charge in [0.1, 0.15) is 0 Å². The third-order valence-electron chi connectivity index (χ3n) is 2.83. The van der Waals surface area contributed by atoms with E-state index in [1.54, 1.807) is 18.5 Å². The SMILES string of the molecule is Cc1cc(C(F)(F)F)nn1C[C@@H](C)C(=O)Nc1nccs1. The van der Waals surface area contributed by atoms with Crippen molar-refractivity contribution in [3.8, 4) is 0 Å². The van der Waals surface area contributed by atoms with Gasteiger partial charge in [0.05, 0.1) is 12.5 Å². The lowest BCUT2D eigenvalue weighted by molar-refractivity contribution is -0.141. The highest BCUT2D eigenvalue weighted by Crippen LogP contribution is 2.28. The van der Waals surface area contributed by atoms with Crippen LogP contribution in [0.2, 0.25) is 0 Å². The van der Waals surface area contributed by atoms with E-state index in [1.165, 1.54) is 22.9 Å². The fourth-order valence-corrected chi connectivity index (χ4v) is 2.22. The molecule has 0 aliphatic heterocycles. The fourth-order valence-electron chi connectivity index (χ4n) is 1.69. The second-order valence-electron chi connectivity index (χ2n) is 4.58. The first-order chi connectivity index (χ1) is 9.77. The molecule has 114 valence electrons. The van der Waals surface area contributed by atoms with Crippen molar-refractivity contribution >= 4 is 22.4 Å². The van der Waals surface area contributed by atoms with E-state index in [9.17, 15) is 18.0 Å². The van der Waals surface area contributed by atoms with Crippen molar-refractivity contribution < 1.29 is 18.0 Å². The van der Waals surface area contributed by atoms with Gasteiger partial charge in [0.25, 0.3) is 0 Å². The molecule has 0 saturated heterocycles. The van der Waals surface area contributed by atoms with Gasteiger partial charge in [0.15, 0.2) is 10.8 Å². The Morgan fingerprint density at radius 3 is 2.76 bits per heavy atom. The molecule has 0 aromatic carbocycles. The van der Waals surface area contributed by atoms with Gasteiger partial charge in [-0.15, -0.1) is 11.3 Å². The molecule has 5 nitrogen and oxygen atoms in total. The summed E-state index contributed by atoms with van der Waals surface area (Å²) in [4.78, 5) is 15.8. The van der Waals surface area contributed by atoms with Gasteiger partial charge in [-0.2, -0.15) is 18.3 Å². The molecule has 0 radical (unpaired) electrons. The summed E-state index contributed by atoms with van der Waals surface area (Å²) in [6.07, 6.45) is -2.93. The van der Waals surface area contributed by atoms with Crippen molar-refractivity contribution in [3.05, 3.63) is 29.0 Å². The van der Waals surface area contributed by atoms with E-state index in [0.29, 0.717) is 10.8 Å². The van der Waals surface area contributed by atoms with Crippen molar-refractivity contribution in [1.82, 2.24) is 14.8 Å². The van der Waals surface area contributed by atoms with E-state index < -0.39 is 17.8 Å². The predicted molar refractivity (Wildman–Crippen MR) is 71.9 cm³/mol. The van der Waals surface area contributed by atoms with E-state index in [1.807, 2.05) is 0 Å². The number of nitrogens with zero attached hydrogens (tertiary/aromatic N) is 3. The summed E-state index contributed by atoms with van der Waals surface area (Å²) >= 11 is 1.27. The van der Waals surface area contributed by atoms with Gasteiger partial charge in [-0.05, 0) is 13.0 Å². The molecule has 2 aromatic heterocycles. The lowest BCUT2D eigenvalue weighted by atomic mass is 10.1. The van der Waals surface area contributed by atoms with E-state index in [0.717, 1.165) is 6.07 Å². The Balaban J connectivity index is 2.04. The minimum absolute atomic E-state index is 0.0686. The first-order valence-electron chi connectivity index (χ1n) is 6.09. The first-order valence-corrected chi connectivity index (χ1v) is 6.97. The summed E-state index contributed by atoms with van der Waals surface area (Å²) in [5.41, 5.74) is -0.594. The largest absolute Gasteiger partial charge is 0.435 e. The van der Waals surface area contributed by atoms with E-state index in [2.05, 4.69) is 15.4 Å². The molecule has 1 N–H and O–H groups in total. The highest BCUT2D eigenvalue weighted by molar-refractivity contribution is 7.13. The average Bonchev–Trinajstić information content (AvgIpc) is 2.99.